The molecule has 2 heterocycles. The molecule has 2 aromatic carbocycles. The minimum atomic E-state index is -1.47. The summed E-state index contributed by atoms with van der Waals surface area (Å²) in [6.45, 7) is 1.31. The van der Waals surface area contributed by atoms with Gasteiger partial charge in [0.25, 0.3) is 5.91 Å². The molecule has 0 spiro atoms. The smallest absolute Gasteiger partial charge is 0.262 e. The van der Waals surface area contributed by atoms with Gasteiger partial charge in [-0.25, -0.2) is 4.21 Å². The molecule has 2 atom stereocenters. The third-order valence-electron chi connectivity index (χ3n) is 5.77. The van der Waals surface area contributed by atoms with E-state index in [0.29, 0.717) is 39.4 Å². The van der Waals surface area contributed by atoms with Gasteiger partial charge in [0.1, 0.15) is 29.4 Å². The van der Waals surface area contributed by atoms with Crippen molar-refractivity contribution in [2.24, 2.45) is 0 Å². The zero-order valence-corrected chi connectivity index (χ0v) is 21.1. The van der Waals surface area contributed by atoms with Gasteiger partial charge in [-0.2, -0.15) is 5.26 Å². The number of carbonyl (C=O) groups is 1. The molecule has 1 saturated heterocycles. The maximum atomic E-state index is 12.4. The molecular formula is C24H25ClN4O3S2. The Morgan fingerprint density at radius 1 is 1.32 bits per heavy atom. The Morgan fingerprint density at radius 2 is 2.18 bits per heavy atom. The molecule has 34 heavy (non-hydrogen) atoms. The molecule has 7 nitrogen and oxygen atoms in total. The van der Waals surface area contributed by atoms with Gasteiger partial charge in [-0.1, -0.05) is 23.8 Å². The van der Waals surface area contributed by atoms with E-state index >= 15 is 0 Å². The van der Waals surface area contributed by atoms with Crippen molar-refractivity contribution in [1.82, 2.24) is 4.72 Å². The highest BCUT2D eigenvalue weighted by molar-refractivity contribution is 8.00. The summed E-state index contributed by atoms with van der Waals surface area (Å²) in [7, 11) is -1.47. The Bertz CT molecular complexity index is 1180. The Labute approximate surface area is 211 Å². The van der Waals surface area contributed by atoms with Crippen LogP contribution in [0, 0.1) is 11.3 Å². The van der Waals surface area contributed by atoms with Gasteiger partial charge in [-0.05, 0) is 68.0 Å². The van der Waals surface area contributed by atoms with Gasteiger partial charge in [0, 0.05) is 24.4 Å². The number of hydrogen-bond donors (Lipinski definition) is 2. The fourth-order valence-corrected chi connectivity index (χ4v) is 5.51. The van der Waals surface area contributed by atoms with Gasteiger partial charge in [-0.3, -0.25) is 9.52 Å². The lowest BCUT2D eigenvalue weighted by Crippen LogP contribution is -2.39. The van der Waals surface area contributed by atoms with Crippen LogP contribution in [-0.2, 0) is 11.0 Å². The standard InChI is InChI=1S/C24H25ClN4O3S2/c1-34(31)28-24(30)16-8-9-22-23(13-16)33-27-20-12-17(15-26)19(25)14-21(20)29-10-4-2-6-18(29)7-3-5-11-32-22/h3,5,8-9,12-14,18,27H,2,4,6-7,10-11H2,1H3,(H,28,30)/b5-3+. The van der Waals surface area contributed by atoms with Crippen LogP contribution < -0.4 is 19.1 Å². The molecule has 4 rings (SSSR count). The second-order valence-corrected chi connectivity index (χ2v) is 10.4. The van der Waals surface area contributed by atoms with E-state index in [0.717, 1.165) is 37.2 Å². The molecule has 10 heteroatoms. The normalized spacial score (nSPS) is 19.7. The summed E-state index contributed by atoms with van der Waals surface area (Å²) >= 11 is 7.73. The molecule has 178 valence electrons. The van der Waals surface area contributed by atoms with Gasteiger partial charge in [0.15, 0.2) is 0 Å². The van der Waals surface area contributed by atoms with Crippen LogP contribution in [0.5, 0.6) is 5.75 Å². The maximum absolute atomic E-state index is 12.4. The van der Waals surface area contributed by atoms with Crippen molar-refractivity contribution >= 4 is 51.8 Å². The molecule has 0 aromatic heterocycles. The number of halogens is 1. The maximum Gasteiger partial charge on any atom is 0.262 e. The molecule has 0 aliphatic carbocycles. The number of hydrogen-bond acceptors (Lipinski definition) is 7. The molecule has 2 unspecified atom stereocenters. The van der Waals surface area contributed by atoms with Crippen LogP contribution in [-0.4, -0.2) is 35.6 Å². The lowest BCUT2D eigenvalue weighted by Gasteiger charge is -2.38. The summed E-state index contributed by atoms with van der Waals surface area (Å²) in [6, 6.07) is 11.2. The van der Waals surface area contributed by atoms with E-state index < -0.39 is 16.9 Å². The summed E-state index contributed by atoms with van der Waals surface area (Å²) in [5.74, 6) is 0.187. The van der Waals surface area contributed by atoms with Crippen molar-refractivity contribution in [3.05, 3.63) is 58.6 Å². The first-order valence-corrected chi connectivity index (χ1v) is 13.7. The highest BCUT2D eigenvalue weighted by Crippen LogP contribution is 2.40. The van der Waals surface area contributed by atoms with Gasteiger partial charge in [0.2, 0.25) is 0 Å². The largest absolute Gasteiger partial charge is 0.488 e. The molecule has 2 N–H and O–H groups in total. The molecule has 1 amide bonds. The van der Waals surface area contributed by atoms with E-state index in [9.17, 15) is 14.3 Å². The summed E-state index contributed by atoms with van der Waals surface area (Å²) in [5, 5.41) is 9.97. The number of nitrogens with one attached hydrogen (secondary N) is 2. The molecule has 1 fully saturated rings. The molecule has 0 radical (unpaired) electrons. The fourth-order valence-electron chi connectivity index (χ4n) is 4.14. The Kier molecular flexibility index (Phi) is 8.03. The second kappa shape index (κ2) is 11.2. The minimum Gasteiger partial charge on any atom is -0.488 e. The average Bonchev–Trinajstić information content (AvgIpc) is 2.83. The van der Waals surface area contributed by atoms with E-state index in [1.165, 1.54) is 24.6 Å². The number of benzene rings is 2. The van der Waals surface area contributed by atoms with Crippen molar-refractivity contribution in [3.8, 4) is 11.8 Å². The minimum absolute atomic E-state index is 0.327. The summed E-state index contributed by atoms with van der Waals surface area (Å²) in [6.07, 6.45) is 9.79. The zero-order valence-electron chi connectivity index (χ0n) is 18.7. The van der Waals surface area contributed by atoms with Crippen molar-refractivity contribution in [1.29, 1.82) is 5.26 Å². The Balaban J connectivity index is 1.74. The SMILES string of the molecule is CS(=O)NC(=O)c1ccc2c(c1)SNc1cc(C#N)c(Cl)cc1N1CCCCC1C/C=C/CO2. The van der Waals surface area contributed by atoms with E-state index in [4.69, 9.17) is 16.3 Å². The number of ether oxygens (including phenoxy) is 1. The summed E-state index contributed by atoms with van der Waals surface area (Å²) in [5.41, 5.74) is 2.49. The number of nitrogens with zero attached hydrogens (tertiary/aromatic N) is 2. The topological polar surface area (TPSA) is 94.5 Å². The van der Waals surface area contributed by atoms with Crippen molar-refractivity contribution in [3.63, 3.8) is 0 Å². The first kappa shape index (κ1) is 24.5. The quantitative estimate of drug-likeness (QED) is 0.426. The zero-order chi connectivity index (χ0) is 24.1. The molecular weight excluding hydrogens is 492 g/mol. The first-order valence-electron chi connectivity index (χ1n) is 11.0. The van der Waals surface area contributed by atoms with Gasteiger partial charge in [0.05, 0.1) is 26.9 Å². The van der Waals surface area contributed by atoms with Crippen LogP contribution in [0.1, 0.15) is 41.6 Å². The summed E-state index contributed by atoms with van der Waals surface area (Å²) < 4.78 is 23.2. The molecule has 0 bridgehead atoms. The number of amides is 1. The first-order chi connectivity index (χ1) is 16.5. The second-order valence-electron chi connectivity index (χ2n) is 8.07. The number of carbonyl (C=O) groups excluding carboxylic acids is 1. The van der Waals surface area contributed by atoms with Gasteiger partial charge in [-0.15, -0.1) is 0 Å². The van der Waals surface area contributed by atoms with Crippen molar-refractivity contribution < 1.29 is 13.7 Å². The lowest BCUT2D eigenvalue weighted by molar-refractivity contribution is 0.0983. The fraction of sp³-hybridized carbons (Fsp3) is 0.333. The Hall–Kier alpha value is -2.67. The lowest BCUT2D eigenvalue weighted by atomic mass is 9.97. The van der Waals surface area contributed by atoms with E-state index in [-0.39, 0.29) is 0 Å². The molecule has 2 aromatic rings. The Morgan fingerprint density at radius 3 is 2.97 bits per heavy atom. The third kappa shape index (κ3) is 5.69. The number of piperidine rings is 1. The van der Waals surface area contributed by atoms with E-state index in [1.807, 2.05) is 12.1 Å². The predicted molar refractivity (Wildman–Crippen MR) is 138 cm³/mol. The number of nitriles is 1. The molecule has 2 aliphatic heterocycles. The van der Waals surface area contributed by atoms with E-state index in [1.54, 1.807) is 24.3 Å². The predicted octanol–water partition coefficient (Wildman–Crippen LogP) is 5.05. The van der Waals surface area contributed by atoms with Crippen LogP contribution in [0.2, 0.25) is 5.02 Å². The van der Waals surface area contributed by atoms with Crippen LogP contribution in [0.25, 0.3) is 0 Å². The summed E-state index contributed by atoms with van der Waals surface area (Å²) in [4.78, 5) is 15.5. The van der Waals surface area contributed by atoms with Crippen LogP contribution in [0.4, 0.5) is 11.4 Å². The van der Waals surface area contributed by atoms with E-state index in [2.05, 4.69) is 26.5 Å². The van der Waals surface area contributed by atoms with Gasteiger partial charge < -0.3 is 14.4 Å². The van der Waals surface area contributed by atoms with Crippen molar-refractivity contribution in [2.75, 3.05) is 29.0 Å². The molecule has 0 saturated carbocycles. The number of fused-ring (bicyclic) bond motifs is 4. The van der Waals surface area contributed by atoms with Crippen LogP contribution >= 0.6 is 23.5 Å². The third-order valence-corrected chi connectivity index (χ3v) is 7.41. The number of anilines is 2. The van der Waals surface area contributed by atoms with Gasteiger partial charge >= 0.3 is 0 Å². The van der Waals surface area contributed by atoms with Crippen LogP contribution in [0.15, 0.2) is 47.4 Å². The highest BCUT2D eigenvalue weighted by Gasteiger charge is 2.25. The number of rotatable bonds is 2. The average molecular weight is 517 g/mol. The monoisotopic (exact) mass is 516 g/mol. The molecule has 2 aliphatic rings. The van der Waals surface area contributed by atoms with Crippen molar-refractivity contribution in [2.45, 2.75) is 36.6 Å². The van der Waals surface area contributed by atoms with Crippen LogP contribution in [0.3, 0.4) is 0 Å². The highest BCUT2D eigenvalue weighted by atomic mass is 35.5.